The van der Waals surface area contributed by atoms with Crippen LogP contribution in [0.3, 0.4) is 0 Å². The highest BCUT2D eigenvalue weighted by molar-refractivity contribution is 5.27. The minimum atomic E-state index is 0.102. The standard InChI is InChI=1S/C9H13N3O2/c1-13-6-12-9-4-3-7(14-2)5-8(9)10-11-12/h3-4,8H,5-6H2,1-2H3. The van der Waals surface area contributed by atoms with Crippen LogP contribution in [0.5, 0.6) is 0 Å². The number of methoxy groups -OCH3 is 2. The van der Waals surface area contributed by atoms with Crippen LogP contribution in [0, 0.1) is 0 Å². The highest BCUT2D eigenvalue weighted by atomic mass is 16.5. The van der Waals surface area contributed by atoms with Crippen molar-refractivity contribution in [3.8, 4) is 0 Å². The normalized spacial score (nSPS) is 24.4. The van der Waals surface area contributed by atoms with Gasteiger partial charge in [-0.25, -0.2) is 5.01 Å². The van der Waals surface area contributed by atoms with Crippen LogP contribution in [0.4, 0.5) is 0 Å². The molecule has 0 bridgehead atoms. The van der Waals surface area contributed by atoms with Crippen LogP contribution >= 0.6 is 0 Å². The van der Waals surface area contributed by atoms with Gasteiger partial charge in [0.25, 0.3) is 0 Å². The van der Waals surface area contributed by atoms with E-state index in [1.165, 1.54) is 0 Å². The van der Waals surface area contributed by atoms with Gasteiger partial charge < -0.3 is 9.47 Å². The predicted molar refractivity (Wildman–Crippen MR) is 50.2 cm³/mol. The largest absolute Gasteiger partial charge is 0.501 e. The summed E-state index contributed by atoms with van der Waals surface area (Å²) in [5, 5.41) is 9.91. The molecule has 0 aromatic heterocycles. The Bertz CT molecular complexity index is 309. The van der Waals surface area contributed by atoms with Crippen molar-refractivity contribution in [3.63, 3.8) is 0 Å². The average Bonchev–Trinajstić information content (AvgIpc) is 2.61. The fourth-order valence-electron chi connectivity index (χ4n) is 1.56. The maximum absolute atomic E-state index is 5.16. The van der Waals surface area contributed by atoms with E-state index in [1.54, 1.807) is 19.2 Å². The van der Waals surface area contributed by atoms with Gasteiger partial charge in [-0.05, 0) is 12.2 Å². The molecule has 5 heteroatoms. The van der Waals surface area contributed by atoms with Gasteiger partial charge >= 0.3 is 0 Å². The zero-order valence-corrected chi connectivity index (χ0v) is 8.30. The molecule has 0 amide bonds. The lowest BCUT2D eigenvalue weighted by Gasteiger charge is -2.19. The first-order valence-electron chi connectivity index (χ1n) is 4.47. The summed E-state index contributed by atoms with van der Waals surface area (Å²) in [7, 11) is 3.31. The van der Waals surface area contributed by atoms with Crippen LogP contribution in [0.1, 0.15) is 6.42 Å². The number of allylic oxidation sites excluding steroid dienone is 2. The molecule has 14 heavy (non-hydrogen) atoms. The van der Waals surface area contributed by atoms with E-state index in [-0.39, 0.29) is 6.04 Å². The summed E-state index contributed by atoms with van der Waals surface area (Å²) in [6.45, 7) is 0.446. The Kier molecular flexibility index (Phi) is 2.49. The van der Waals surface area contributed by atoms with E-state index in [2.05, 4.69) is 10.3 Å². The second-order valence-electron chi connectivity index (χ2n) is 3.17. The maximum Gasteiger partial charge on any atom is 0.141 e. The van der Waals surface area contributed by atoms with Crippen molar-refractivity contribution >= 4 is 0 Å². The van der Waals surface area contributed by atoms with E-state index >= 15 is 0 Å². The Labute approximate surface area is 82.7 Å². The van der Waals surface area contributed by atoms with Crippen LogP contribution in [0.2, 0.25) is 0 Å². The van der Waals surface area contributed by atoms with Gasteiger partial charge in [0.05, 0.1) is 18.6 Å². The van der Waals surface area contributed by atoms with Crippen molar-refractivity contribution in [1.29, 1.82) is 0 Å². The first-order valence-corrected chi connectivity index (χ1v) is 4.47. The molecule has 0 fully saturated rings. The number of hydrogen-bond donors (Lipinski definition) is 0. The molecule has 76 valence electrons. The molecule has 1 aliphatic carbocycles. The van der Waals surface area contributed by atoms with Crippen LogP contribution in [-0.2, 0) is 9.47 Å². The van der Waals surface area contributed by atoms with Gasteiger partial charge in [0.1, 0.15) is 12.8 Å². The Hall–Kier alpha value is -1.36. The number of hydrogen-bond acceptors (Lipinski definition) is 5. The topological polar surface area (TPSA) is 46.4 Å². The van der Waals surface area contributed by atoms with Gasteiger partial charge in [-0.3, -0.25) is 0 Å². The summed E-state index contributed by atoms with van der Waals surface area (Å²) >= 11 is 0. The summed E-state index contributed by atoms with van der Waals surface area (Å²) in [6.07, 6.45) is 4.71. The summed E-state index contributed by atoms with van der Waals surface area (Å²) in [6, 6.07) is 0.102. The second-order valence-corrected chi connectivity index (χ2v) is 3.17. The lowest BCUT2D eigenvalue weighted by atomic mass is 10.0. The summed E-state index contributed by atoms with van der Waals surface area (Å²) in [5.41, 5.74) is 1.08. The molecule has 1 unspecified atom stereocenters. The van der Waals surface area contributed by atoms with Crippen molar-refractivity contribution in [2.24, 2.45) is 10.3 Å². The van der Waals surface area contributed by atoms with E-state index in [0.29, 0.717) is 6.73 Å². The first kappa shape index (κ1) is 9.21. The number of nitrogens with zero attached hydrogens (tertiary/aromatic N) is 3. The minimum Gasteiger partial charge on any atom is -0.501 e. The zero-order chi connectivity index (χ0) is 9.97. The fraction of sp³-hybridized carbons (Fsp3) is 0.556. The predicted octanol–water partition coefficient (Wildman–Crippen LogP) is 1.46. The summed E-state index contributed by atoms with van der Waals surface area (Å²) in [5.74, 6) is 0.942. The van der Waals surface area contributed by atoms with Crippen molar-refractivity contribution in [2.45, 2.75) is 12.5 Å². The molecule has 1 heterocycles. The first-order chi connectivity index (χ1) is 6.85. The SMILES string of the molecule is COCN1N=NC2CC(OC)=CC=C21. The van der Waals surface area contributed by atoms with Crippen LogP contribution in [-0.4, -0.2) is 32.0 Å². The highest BCUT2D eigenvalue weighted by Gasteiger charge is 2.29. The molecule has 0 saturated carbocycles. The Morgan fingerprint density at radius 1 is 1.50 bits per heavy atom. The van der Waals surface area contributed by atoms with Gasteiger partial charge in [-0.1, -0.05) is 5.22 Å². The lowest BCUT2D eigenvalue weighted by molar-refractivity contribution is 0.0900. The third-order valence-electron chi connectivity index (χ3n) is 2.29. The van der Waals surface area contributed by atoms with E-state index < -0.39 is 0 Å². The van der Waals surface area contributed by atoms with Gasteiger partial charge in [-0.2, -0.15) is 5.11 Å². The number of ether oxygens (including phenoxy) is 2. The smallest absolute Gasteiger partial charge is 0.141 e. The average molecular weight is 195 g/mol. The Morgan fingerprint density at radius 2 is 2.36 bits per heavy atom. The maximum atomic E-state index is 5.16. The molecular weight excluding hydrogens is 182 g/mol. The second kappa shape index (κ2) is 3.79. The van der Waals surface area contributed by atoms with Gasteiger partial charge in [0.15, 0.2) is 0 Å². The molecule has 0 radical (unpaired) electrons. The number of fused-ring (bicyclic) bond motifs is 1. The van der Waals surface area contributed by atoms with Crippen molar-refractivity contribution < 1.29 is 9.47 Å². The van der Waals surface area contributed by atoms with Crippen LogP contribution < -0.4 is 0 Å². The molecule has 0 saturated heterocycles. The third kappa shape index (κ3) is 1.50. The lowest BCUT2D eigenvalue weighted by Crippen LogP contribution is -2.22. The molecule has 0 spiro atoms. The highest BCUT2D eigenvalue weighted by Crippen LogP contribution is 2.30. The third-order valence-corrected chi connectivity index (χ3v) is 2.29. The molecule has 1 atom stereocenters. The van der Waals surface area contributed by atoms with Gasteiger partial charge in [0.2, 0.25) is 0 Å². The van der Waals surface area contributed by atoms with Gasteiger partial charge in [-0.15, -0.1) is 0 Å². The van der Waals surface area contributed by atoms with Crippen molar-refractivity contribution in [1.82, 2.24) is 5.01 Å². The van der Waals surface area contributed by atoms with E-state index in [1.807, 2.05) is 12.2 Å². The zero-order valence-electron chi connectivity index (χ0n) is 8.30. The Balaban J connectivity index is 2.13. The minimum absolute atomic E-state index is 0.102. The summed E-state index contributed by atoms with van der Waals surface area (Å²) < 4.78 is 10.2. The van der Waals surface area contributed by atoms with Crippen LogP contribution in [0.25, 0.3) is 0 Å². The monoisotopic (exact) mass is 195 g/mol. The molecular formula is C9H13N3O2. The molecule has 2 aliphatic rings. The van der Waals surface area contributed by atoms with E-state index in [0.717, 1.165) is 17.9 Å². The molecule has 0 aromatic carbocycles. The molecule has 2 rings (SSSR count). The van der Waals surface area contributed by atoms with Gasteiger partial charge in [0, 0.05) is 13.5 Å². The molecule has 0 N–H and O–H groups in total. The quantitative estimate of drug-likeness (QED) is 0.684. The molecule has 5 nitrogen and oxygen atoms in total. The Morgan fingerprint density at radius 3 is 3.07 bits per heavy atom. The molecule has 0 aromatic rings. The van der Waals surface area contributed by atoms with E-state index in [4.69, 9.17) is 9.47 Å². The summed E-state index contributed by atoms with van der Waals surface area (Å²) in [4.78, 5) is 0. The fourth-order valence-corrected chi connectivity index (χ4v) is 1.56. The van der Waals surface area contributed by atoms with Crippen LogP contribution in [0.15, 0.2) is 33.9 Å². The van der Waals surface area contributed by atoms with Crippen molar-refractivity contribution in [3.05, 3.63) is 23.6 Å². The number of rotatable bonds is 3. The molecule has 1 aliphatic heterocycles. The van der Waals surface area contributed by atoms with Crippen molar-refractivity contribution in [2.75, 3.05) is 21.0 Å². The van der Waals surface area contributed by atoms with E-state index in [9.17, 15) is 0 Å².